The van der Waals surface area contributed by atoms with Crippen molar-refractivity contribution in [1.82, 2.24) is 20.2 Å². The van der Waals surface area contributed by atoms with Gasteiger partial charge in [0.25, 0.3) is 5.91 Å². The van der Waals surface area contributed by atoms with Gasteiger partial charge in [-0.1, -0.05) is 17.7 Å². The molecule has 0 unspecified atom stereocenters. The summed E-state index contributed by atoms with van der Waals surface area (Å²) < 4.78 is 0. The number of nitrogens with zero attached hydrogens (tertiary/aromatic N) is 4. The fourth-order valence-electron chi connectivity index (χ4n) is 2.92. The maximum Gasteiger partial charge on any atom is 0.325 e. The van der Waals surface area contributed by atoms with Crippen molar-refractivity contribution in [3.63, 3.8) is 0 Å². The highest BCUT2D eigenvalue weighted by molar-refractivity contribution is 6.30. The minimum absolute atomic E-state index is 0.0717. The zero-order chi connectivity index (χ0) is 17.1. The van der Waals surface area contributed by atoms with Crippen molar-refractivity contribution in [3.8, 4) is 0 Å². The number of hydrogen-bond donors (Lipinski definition) is 1. The van der Waals surface area contributed by atoms with Crippen LogP contribution >= 0.6 is 11.6 Å². The van der Waals surface area contributed by atoms with Gasteiger partial charge in [-0.3, -0.25) is 15.1 Å². The van der Waals surface area contributed by atoms with E-state index in [2.05, 4.69) is 17.4 Å². The van der Waals surface area contributed by atoms with Crippen LogP contribution in [0.25, 0.3) is 0 Å². The van der Waals surface area contributed by atoms with Gasteiger partial charge in [-0.15, -0.1) is 0 Å². The smallest absolute Gasteiger partial charge is 0.313 e. The molecule has 0 aliphatic carbocycles. The average molecular weight is 352 g/mol. The number of nitrogens with one attached hydrogen (secondary N) is 1. The van der Waals surface area contributed by atoms with E-state index in [9.17, 15) is 9.59 Å². The van der Waals surface area contributed by atoms with Crippen LogP contribution in [-0.2, 0) is 4.79 Å². The maximum atomic E-state index is 12.5. The van der Waals surface area contributed by atoms with Gasteiger partial charge >= 0.3 is 6.03 Å². The Morgan fingerprint density at radius 3 is 2.62 bits per heavy atom. The standard InChI is InChI=1S/C16H22ClN5O2/c1-19-5-8-21(9-6-19)18-15(23)12-20-7-10-22(16(20)24)14-4-2-3-13(17)11-14/h2-4,11H,5-10,12H2,1H3,(H,18,23). The quantitative estimate of drug-likeness (QED) is 0.874. The minimum atomic E-state index is -0.161. The lowest BCUT2D eigenvalue weighted by molar-refractivity contribution is -0.127. The lowest BCUT2D eigenvalue weighted by Gasteiger charge is -2.32. The third-order valence-electron chi connectivity index (χ3n) is 4.34. The molecule has 0 aromatic heterocycles. The summed E-state index contributed by atoms with van der Waals surface area (Å²) >= 11 is 5.99. The molecule has 0 radical (unpaired) electrons. The molecule has 0 saturated carbocycles. The number of carbonyl (C=O) groups excluding carboxylic acids is 2. The Kier molecular flexibility index (Phi) is 5.23. The van der Waals surface area contributed by atoms with Crippen LogP contribution in [0.5, 0.6) is 0 Å². The Hall–Kier alpha value is -1.83. The zero-order valence-electron chi connectivity index (χ0n) is 13.7. The minimum Gasteiger partial charge on any atom is -0.313 e. The van der Waals surface area contributed by atoms with Gasteiger partial charge in [0.1, 0.15) is 6.54 Å². The fourth-order valence-corrected chi connectivity index (χ4v) is 3.10. The first kappa shape index (κ1) is 17.0. The van der Waals surface area contributed by atoms with Gasteiger partial charge in [0.2, 0.25) is 0 Å². The summed E-state index contributed by atoms with van der Waals surface area (Å²) in [6, 6.07) is 7.02. The number of hydrogen-bond acceptors (Lipinski definition) is 4. The summed E-state index contributed by atoms with van der Waals surface area (Å²) in [6.45, 7) is 4.59. The molecule has 2 saturated heterocycles. The second kappa shape index (κ2) is 7.38. The number of carbonyl (C=O) groups is 2. The van der Waals surface area contributed by atoms with Gasteiger partial charge in [0.05, 0.1) is 0 Å². The van der Waals surface area contributed by atoms with E-state index in [0.29, 0.717) is 18.1 Å². The molecule has 3 amide bonds. The van der Waals surface area contributed by atoms with Crippen molar-refractivity contribution < 1.29 is 9.59 Å². The summed E-state index contributed by atoms with van der Waals surface area (Å²) in [5.41, 5.74) is 3.64. The first-order valence-electron chi connectivity index (χ1n) is 8.08. The maximum absolute atomic E-state index is 12.5. The summed E-state index contributed by atoms with van der Waals surface area (Å²) in [4.78, 5) is 30.1. The number of urea groups is 1. The molecule has 1 aromatic carbocycles. The monoisotopic (exact) mass is 351 g/mol. The van der Waals surface area contributed by atoms with Gasteiger partial charge in [0.15, 0.2) is 0 Å². The van der Waals surface area contributed by atoms with Gasteiger partial charge < -0.3 is 9.80 Å². The van der Waals surface area contributed by atoms with Crippen molar-refractivity contribution in [2.75, 3.05) is 57.8 Å². The van der Waals surface area contributed by atoms with E-state index >= 15 is 0 Å². The van der Waals surface area contributed by atoms with E-state index in [1.165, 1.54) is 0 Å². The number of likely N-dealkylation sites (N-methyl/N-ethyl adjacent to an activating group) is 1. The topological polar surface area (TPSA) is 59.1 Å². The first-order chi connectivity index (χ1) is 11.5. The van der Waals surface area contributed by atoms with Crippen LogP contribution in [0.4, 0.5) is 10.5 Å². The van der Waals surface area contributed by atoms with Crippen LogP contribution in [0.1, 0.15) is 0 Å². The lowest BCUT2D eigenvalue weighted by Crippen LogP contribution is -2.54. The summed E-state index contributed by atoms with van der Waals surface area (Å²) in [5, 5.41) is 2.50. The third kappa shape index (κ3) is 3.98. The van der Waals surface area contributed by atoms with Gasteiger partial charge in [-0.25, -0.2) is 9.80 Å². The third-order valence-corrected chi connectivity index (χ3v) is 4.57. The van der Waals surface area contributed by atoms with Crippen LogP contribution < -0.4 is 10.3 Å². The summed E-state index contributed by atoms with van der Waals surface area (Å²) in [6.07, 6.45) is 0. The van der Waals surface area contributed by atoms with E-state index in [-0.39, 0.29) is 18.5 Å². The molecule has 7 nitrogen and oxygen atoms in total. The molecule has 8 heteroatoms. The number of piperazine rings is 1. The predicted molar refractivity (Wildman–Crippen MR) is 93.0 cm³/mol. The van der Waals surface area contributed by atoms with E-state index in [1.54, 1.807) is 21.9 Å². The Morgan fingerprint density at radius 1 is 1.17 bits per heavy atom. The molecule has 2 aliphatic heterocycles. The Labute approximate surface area is 146 Å². The van der Waals surface area contributed by atoms with Crippen LogP contribution in [0, 0.1) is 0 Å². The highest BCUT2D eigenvalue weighted by atomic mass is 35.5. The molecule has 1 N–H and O–H groups in total. The van der Waals surface area contributed by atoms with Crippen LogP contribution in [-0.4, -0.2) is 79.6 Å². The molecular formula is C16H22ClN5O2. The number of hydrazine groups is 1. The number of rotatable bonds is 4. The molecular weight excluding hydrogens is 330 g/mol. The van der Waals surface area contributed by atoms with Crippen molar-refractivity contribution in [2.45, 2.75) is 0 Å². The number of anilines is 1. The Bertz CT molecular complexity index is 618. The number of benzene rings is 1. The molecule has 2 fully saturated rings. The molecule has 0 atom stereocenters. The first-order valence-corrected chi connectivity index (χ1v) is 8.46. The molecule has 2 aliphatic rings. The molecule has 24 heavy (non-hydrogen) atoms. The summed E-state index contributed by atoms with van der Waals surface area (Å²) in [7, 11) is 2.06. The SMILES string of the molecule is CN1CCN(NC(=O)CN2CCN(c3cccc(Cl)c3)C2=O)CC1. The Balaban J connectivity index is 1.53. The highest BCUT2D eigenvalue weighted by Gasteiger charge is 2.31. The number of halogens is 1. The molecule has 0 spiro atoms. The second-order valence-electron chi connectivity index (χ2n) is 6.16. The van der Waals surface area contributed by atoms with Crippen molar-refractivity contribution >= 4 is 29.2 Å². The molecule has 2 heterocycles. The van der Waals surface area contributed by atoms with Gasteiger partial charge in [-0.2, -0.15) is 0 Å². The molecule has 130 valence electrons. The largest absolute Gasteiger partial charge is 0.325 e. The van der Waals surface area contributed by atoms with Crippen LogP contribution in [0.2, 0.25) is 5.02 Å². The normalized spacial score (nSPS) is 19.8. The lowest BCUT2D eigenvalue weighted by atomic mass is 10.3. The highest BCUT2D eigenvalue weighted by Crippen LogP contribution is 2.23. The van der Waals surface area contributed by atoms with Gasteiger partial charge in [0, 0.05) is 50.0 Å². The van der Waals surface area contributed by atoms with Gasteiger partial charge in [-0.05, 0) is 25.2 Å². The molecule has 1 aromatic rings. The molecule has 3 rings (SSSR count). The van der Waals surface area contributed by atoms with Crippen LogP contribution in [0.3, 0.4) is 0 Å². The van der Waals surface area contributed by atoms with Crippen molar-refractivity contribution in [3.05, 3.63) is 29.3 Å². The van der Waals surface area contributed by atoms with Crippen LogP contribution in [0.15, 0.2) is 24.3 Å². The van der Waals surface area contributed by atoms with E-state index in [4.69, 9.17) is 11.6 Å². The van der Waals surface area contributed by atoms with E-state index in [1.807, 2.05) is 17.1 Å². The van der Waals surface area contributed by atoms with E-state index in [0.717, 1.165) is 31.9 Å². The van der Waals surface area contributed by atoms with Crippen molar-refractivity contribution in [1.29, 1.82) is 0 Å². The van der Waals surface area contributed by atoms with Crippen molar-refractivity contribution in [2.24, 2.45) is 0 Å². The summed E-state index contributed by atoms with van der Waals surface area (Å²) in [5.74, 6) is -0.152. The fraction of sp³-hybridized carbons (Fsp3) is 0.500. The number of amides is 3. The average Bonchev–Trinajstić information content (AvgIpc) is 2.90. The Morgan fingerprint density at radius 2 is 1.92 bits per heavy atom. The zero-order valence-corrected chi connectivity index (χ0v) is 14.5. The molecule has 0 bridgehead atoms. The van der Waals surface area contributed by atoms with E-state index < -0.39 is 0 Å². The second-order valence-corrected chi connectivity index (χ2v) is 6.60. The predicted octanol–water partition coefficient (Wildman–Crippen LogP) is 0.861.